The average molecular weight is 500 g/mol. The highest BCUT2D eigenvalue weighted by Gasteiger charge is 2.60. The van der Waals surface area contributed by atoms with E-state index in [0.717, 1.165) is 10.8 Å². The standard InChI is InChI=1S/C25H29N3O6S/c1-3-15-11-25(15,24(30)28-35(31,32)17-8-9-17)12-21(29)20-10-16(13-26-20)34-23-19-7-5-4-6-18(19)22(33-2)14-27-23/h3-7,14-17,20,26H,1,8-13H2,2H3,(H,28,30)/t15-,16-,20+,25-/m1/s1. The van der Waals surface area contributed by atoms with Gasteiger partial charge in [0.25, 0.3) is 0 Å². The quantitative estimate of drug-likeness (QED) is 0.477. The number of hydrogen-bond acceptors (Lipinski definition) is 8. The van der Waals surface area contributed by atoms with Crippen LogP contribution in [-0.2, 0) is 19.6 Å². The summed E-state index contributed by atoms with van der Waals surface area (Å²) in [5, 5.41) is 4.40. The first kappa shape index (κ1) is 23.7. The van der Waals surface area contributed by atoms with Crippen LogP contribution in [0.15, 0.2) is 43.1 Å². The SMILES string of the molecule is C=C[C@@H]1C[C@]1(CC(=O)[C@@H]1C[C@@H](Oc2ncc(OC)c3ccccc23)CN1)C(=O)NS(=O)(=O)C1CC1. The molecule has 1 amide bonds. The fraction of sp³-hybridized carbons (Fsp3) is 0.480. The lowest BCUT2D eigenvalue weighted by Gasteiger charge is -2.18. The van der Waals surface area contributed by atoms with Gasteiger partial charge in [-0.3, -0.25) is 14.3 Å². The van der Waals surface area contributed by atoms with Crippen LogP contribution in [0.25, 0.3) is 10.8 Å². The molecule has 9 nitrogen and oxygen atoms in total. The van der Waals surface area contributed by atoms with Crippen LogP contribution >= 0.6 is 0 Å². The van der Waals surface area contributed by atoms with E-state index < -0.39 is 32.6 Å². The van der Waals surface area contributed by atoms with Gasteiger partial charge >= 0.3 is 0 Å². The maximum Gasteiger partial charge on any atom is 0.240 e. The van der Waals surface area contributed by atoms with E-state index in [1.54, 1.807) is 19.4 Å². The molecular weight excluding hydrogens is 470 g/mol. The lowest BCUT2D eigenvalue weighted by atomic mass is 9.92. The van der Waals surface area contributed by atoms with Crippen LogP contribution in [0.3, 0.4) is 0 Å². The Morgan fingerprint density at radius 2 is 2.03 bits per heavy atom. The summed E-state index contributed by atoms with van der Waals surface area (Å²) in [6.45, 7) is 4.21. The molecule has 1 saturated heterocycles. The number of aromatic nitrogens is 1. The minimum atomic E-state index is -3.68. The lowest BCUT2D eigenvalue weighted by molar-refractivity contribution is -0.130. The molecule has 0 bridgehead atoms. The van der Waals surface area contributed by atoms with Crippen molar-refractivity contribution >= 4 is 32.5 Å². The van der Waals surface area contributed by atoms with Crippen molar-refractivity contribution in [3.05, 3.63) is 43.1 Å². The van der Waals surface area contributed by atoms with Crippen molar-refractivity contribution in [1.82, 2.24) is 15.0 Å². The van der Waals surface area contributed by atoms with Crippen molar-refractivity contribution in [1.29, 1.82) is 0 Å². The maximum atomic E-state index is 13.2. The van der Waals surface area contributed by atoms with E-state index >= 15 is 0 Å². The van der Waals surface area contributed by atoms with Crippen molar-refractivity contribution < 1.29 is 27.5 Å². The van der Waals surface area contributed by atoms with E-state index in [2.05, 4.69) is 21.6 Å². The summed E-state index contributed by atoms with van der Waals surface area (Å²) in [6, 6.07) is 7.17. The predicted molar refractivity (Wildman–Crippen MR) is 130 cm³/mol. The molecule has 3 aliphatic rings. The van der Waals surface area contributed by atoms with Gasteiger partial charge in [0.1, 0.15) is 11.9 Å². The van der Waals surface area contributed by atoms with Gasteiger partial charge < -0.3 is 14.8 Å². The third-order valence-corrected chi connectivity index (χ3v) is 9.08. The Bertz CT molecular complexity index is 1290. The van der Waals surface area contributed by atoms with E-state index in [-0.39, 0.29) is 24.2 Å². The van der Waals surface area contributed by atoms with Crippen LogP contribution in [0.2, 0.25) is 0 Å². The van der Waals surface area contributed by atoms with Crippen LogP contribution in [-0.4, -0.2) is 56.1 Å². The van der Waals surface area contributed by atoms with Crippen molar-refractivity contribution in [2.75, 3.05) is 13.7 Å². The van der Waals surface area contributed by atoms with E-state index in [1.807, 2.05) is 24.3 Å². The number of ether oxygens (including phenoxy) is 2. The number of fused-ring (bicyclic) bond motifs is 1. The molecule has 1 aliphatic heterocycles. The number of methoxy groups -OCH3 is 1. The van der Waals surface area contributed by atoms with E-state index in [0.29, 0.717) is 43.9 Å². The molecule has 1 aromatic carbocycles. The van der Waals surface area contributed by atoms with Gasteiger partial charge in [-0.15, -0.1) is 6.58 Å². The van der Waals surface area contributed by atoms with Gasteiger partial charge in [0, 0.05) is 30.2 Å². The first-order chi connectivity index (χ1) is 16.8. The highest BCUT2D eigenvalue weighted by Crippen LogP contribution is 2.56. The topological polar surface area (TPSA) is 124 Å². The Morgan fingerprint density at radius 3 is 2.69 bits per heavy atom. The van der Waals surface area contributed by atoms with Gasteiger partial charge in [-0.1, -0.05) is 24.3 Å². The van der Waals surface area contributed by atoms with Gasteiger partial charge in [0.05, 0.1) is 30.0 Å². The lowest BCUT2D eigenvalue weighted by Crippen LogP contribution is -2.42. The van der Waals surface area contributed by atoms with E-state index in [4.69, 9.17) is 9.47 Å². The highest BCUT2D eigenvalue weighted by atomic mass is 32.2. The summed E-state index contributed by atoms with van der Waals surface area (Å²) in [5.74, 6) is 0.175. The number of benzene rings is 1. The smallest absolute Gasteiger partial charge is 0.240 e. The molecule has 5 rings (SSSR count). The number of rotatable bonds is 10. The average Bonchev–Trinajstić information content (AvgIpc) is 3.76. The maximum absolute atomic E-state index is 13.2. The molecule has 10 heteroatoms. The van der Waals surface area contributed by atoms with Gasteiger partial charge in [0.2, 0.25) is 21.8 Å². The summed E-state index contributed by atoms with van der Waals surface area (Å²) in [4.78, 5) is 30.5. The molecule has 4 atom stereocenters. The summed E-state index contributed by atoms with van der Waals surface area (Å²) < 4.78 is 38.3. The number of Topliss-reactive ketones (excluding diaryl/α,β-unsaturated/α-hetero) is 1. The Labute approximate surface area is 204 Å². The Hall–Kier alpha value is -2.98. The molecule has 186 valence electrons. The molecule has 2 N–H and O–H groups in total. The molecule has 0 radical (unpaired) electrons. The van der Waals surface area contributed by atoms with Crippen LogP contribution < -0.4 is 19.5 Å². The first-order valence-electron chi connectivity index (χ1n) is 11.8. The molecule has 2 heterocycles. The monoisotopic (exact) mass is 499 g/mol. The molecule has 3 fully saturated rings. The molecule has 2 aromatic rings. The zero-order valence-corrected chi connectivity index (χ0v) is 20.3. The predicted octanol–water partition coefficient (Wildman–Crippen LogP) is 2.11. The Balaban J connectivity index is 1.24. The van der Waals surface area contributed by atoms with E-state index in [9.17, 15) is 18.0 Å². The number of allylic oxidation sites excluding steroid dienone is 1. The third kappa shape index (κ3) is 4.52. The summed E-state index contributed by atoms with van der Waals surface area (Å²) in [7, 11) is -2.09. The second kappa shape index (κ2) is 8.91. The van der Waals surface area contributed by atoms with Crippen LogP contribution in [0.4, 0.5) is 0 Å². The third-order valence-electron chi connectivity index (χ3n) is 7.26. The molecule has 35 heavy (non-hydrogen) atoms. The molecule has 0 unspecified atom stereocenters. The number of ketones is 1. The number of nitrogens with zero attached hydrogens (tertiary/aromatic N) is 1. The number of amides is 1. The van der Waals surface area contributed by atoms with Crippen LogP contribution in [0.5, 0.6) is 11.6 Å². The van der Waals surface area contributed by atoms with Crippen molar-refractivity contribution in [3.8, 4) is 11.6 Å². The number of pyridine rings is 1. The largest absolute Gasteiger partial charge is 0.494 e. The second-order valence-electron chi connectivity index (χ2n) is 9.63. The minimum absolute atomic E-state index is 0.0379. The van der Waals surface area contributed by atoms with Crippen molar-refractivity contribution in [2.24, 2.45) is 11.3 Å². The van der Waals surface area contributed by atoms with Crippen molar-refractivity contribution in [2.45, 2.75) is 49.5 Å². The molecule has 2 saturated carbocycles. The number of nitrogens with one attached hydrogen (secondary N) is 2. The number of sulfonamides is 1. The highest BCUT2D eigenvalue weighted by molar-refractivity contribution is 7.90. The van der Waals surface area contributed by atoms with Gasteiger partial charge in [-0.05, 0) is 31.2 Å². The van der Waals surface area contributed by atoms with Gasteiger partial charge in [0.15, 0.2) is 5.78 Å². The fourth-order valence-electron chi connectivity index (χ4n) is 4.91. The van der Waals surface area contributed by atoms with Crippen molar-refractivity contribution in [3.63, 3.8) is 0 Å². The normalized spacial score (nSPS) is 27.9. The summed E-state index contributed by atoms with van der Waals surface area (Å²) >= 11 is 0. The summed E-state index contributed by atoms with van der Waals surface area (Å²) in [5.41, 5.74) is -1.05. The number of hydrogen-bond donors (Lipinski definition) is 2. The Morgan fingerprint density at radius 1 is 1.29 bits per heavy atom. The molecule has 1 aromatic heterocycles. The second-order valence-corrected chi connectivity index (χ2v) is 11.6. The fourth-order valence-corrected chi connectivity index (χ4v) is 6.29. The van der Waals surface area contributed by atoms with E-state index in [1.165, 1.54) is 0 Å². The zero-order chi connectivity index (χ0) is 24.8. The van der Waals surface area contributed by atoms with Crippen LogP contribution in [0, 0.1) is 11.3 Å². The van der Waals surface area contributed by atoms with Gasteiger partial charge in [-0.25, -0.2) is 13.4 Å². The Kier molecular flexibility index (Phi) is 6.04. The minimum Gasteiger partial charge on any atom is -0.494 e. The number of carbonyl (C=O) groups is 2. The molecule has 2 aliphatic carbocycles. The molecular formula is C25H29N3O6S. The van der Waals surface area contributed by atoms with Crippen LogP contribution in [0.1, 0.15) is 32.1 Å². The van der Waals surface area contributed by atoms with Gasteiger partial charge in [-0.2, -0.15) is 0 Å². The zero-order valence-electron chi connectivity index (χ0n) is 19.5. The number of carbonyl (C=O) groups excluding carboxylic acids is 2. The molecule has 0 spiro atoms. The first-order valence-corrected chi connectivity index (χ1v) is 13.3. The summed E-state index contributed by atoms with van der Waals surface area (Å²) in [6.07, 6.45) is 4.90.